The second-order valence-electron chi connectivity index (χ2n) is 8.50. The van der Waals surface area contributed by atoms with Gasteiger partial charge in [-0.3, -0.25) is 9.59 Å². The summed E-state index contributed by atoms with van der Waals surface area (Å²) in [5, 5.41) is 0. The highest BCUT2D eigenvalue weighted by Crippen LogP contribution is 2.37. The van der Waals surface area contributed by atoms with E-state index in [-0.39, 0.29) is 21.9 Å². The van der Waals surface area contributed by atoms with Gasteiger partial charge in [0.25, 0.3) is 5.91 Å². The van der Waals surface area contributed by atoms with Gasteiger partial charge in [-0.05, 0) is 58.1 Å². The van der Waals surface area contributed by atoms with Crippen molar-refractivity contribution in [2.45, 2.75) is 71.2 Å². The number of rotatable bonds is 6. The van der Waals surface area contributed by atoms with E-state index in [1.54, 1.807) is 33.6 Å². The number of Topliss-reactive ketones (excluding diaryl/α,β-unsaturated/α-hetero) is 1. The fourth-order valence-electron chi connectivity index (χ4n) is 3.47. The van der Waals surface area contributed by atoms with E-state index in [9.17, 15) is 14.4 Å². The average molecular weight is 497 g/mol. The van der Waals surface area contributed by atoms with Crippen LogP contribution in [-0.4, -0.2) is 44.7 Å². The molecule has 2 aliphatic rings. The molecule has 0 aliphatic carbocycles. The first-order chi connectivity index (χ1) is 12.9. The third kappa shape index (κ3) is 3.91. The normalized spacial score (nSPS) is 21.0. The Bertz CT molecular complexity index is 822. The number of carbonyl (C=O) groups is 3. The number of nitrogens with zero attached hydrogens (tertiary/aromatic N) is 1. The highest BCUT2D eigenvalue weighted by Gasteiger charge is 2.52. The number of halogens is 1. The Kier molecular flexibility index (Phi) is 5.77. The number of hydrogen-bond acceptors (Lipinski definition) is 5. The van der Waals surface area contributed by atoms with Crippen LogP contribution >= 0.6 is 22.6 Å². The molecule has 28 heavy (non-hydrogen) atoms. The summed E-state index contributed by atoms with van der Waals surface area (Å²) < 4.78 is 12.1. The van der Waals surface area contributed by atoms with Crippen LogP contribution < -0.4 is 5.46 Å². The molecule has 2 heterocycles. The van der Waals surface area contributed by atoms with Gasteiger partial charge < -0.3 is 19.0 Å². The molecule has 1 fully saturated rings. The van der Waals surface area contributed by atoms with Crippen molar-refractivity contribution >= 4 is 50.7 Å². The third-order valence-corrected chi connectivity index (χ3v) is 6.61. The molecule has 0 radical (unpaired) electrons. The van der Waals surface area contributed by atoms with Gasteiger partial charge >= 0.3 is 7.12 Å². The lowest BCUT2D eigenvalue weighted by molar-refractivity contribution is -0.118. The van der Waals surface area contributed by atoms with Gasteiger partial charge in [-0.2, -0.15) is 0 Å². The number of amides is 1. The lowest BCUT2D eigenvalue weighted by atomic mass is 9.78. The lowest BCUT2D eigenvalue weighted by Gasteiger charge is -2.32. The molecule has 1 amide bonds. The van der Waals surface area contributed by atoms with Gasteiger partial charge in [-0.25, -0.2) is 0 Å². The summed E-state index contributed by atoms with van der Waals surface area (Å²) >= 11 is 1.71. The molecule has 0 spiro atoms. The van der Waals surface area contributed by atoms with Crippen molar-refractivity contribution < 1.29 is 23.7 Å². The van der Waals surface area contributed by atoms with Crippen LogP contribution in [0.5, 0.6) is 0 Å². The van der Waals surface area contributed by atoms with Crippen molar-refractivity contribution in [2.75, 3.05) is 0 Å². The standard InChI is InChI=1S/C20H25BINO5/c1-12(24)6-9-16(17(22)25)23-11-13-10-14(7-8-15(13)18(23)26)21-27-19(2,3)20(4,5)28-21/h7-8,10,16H,6,9,11H2,1-5H3/t16-/m0/s1. The van der Waals surface area contributed by atoms with Crippen molar-refractivity contribution in [1.29, 1.82) is 0 Å². The minimum Gasteiger partial charge on any atom is -0.399 e. The summed E-state index contributed by atoms with van der Waals surface area (Å²) in [6.45, 7) is 9.83. The van der Waals surface area contributed by atoms with Crippen molar-refractivity contribution in [3.63, 3.8) is 0 Å². The first-order valence-electron chi connectivity index (χ1n) is 9.41. The summed E-state index contributed by atoms with van der Waals surface area (Å²) in [4.78, 5) is 37.9. The van der Waals surface area contributed by atoms with Crippen LogP contribution in [0.25, 0.3) is 0 Å². The van der Waals surface area contributed by atoms with Gasteiger partial charge in [0.1, 0.15) is 11.8 Å². The Morgan fingerprint density at radius 2 is 1.82 bits per heavy atom. The smallest absolute Gasteiger partial charge is 0.399 e. The number of fused-ring (bicyclic) bond motifs is 1. The van der Waals surface area contributed by atoms with Crippen LogP contribution in [-0.2, 0) is 25.4 Å². The molecule has 0 N–H and O–H groups in total. The lowest BCUT2D eigenvalue weighted by Crippen LogP contribution is -2.41. The fourth-order valence-corrected chi connectivity index (χ4v) is 4.12. The molecule has 3 rings (SSSR count). The molecular weight excluding hydrogens is 472 g/mol. The number of carbonyl (C=O) groups excluding carboxylic acids is 3. The van der Waals surface area contributed by atoms with Crippen LogP contribution in [0, 0.1) is 0 Å². The van der Waals surface area contributed by atoms with E-state index < -0.39 is 24.4 Å². The van der Waals surface area contributed by atoms with Crippen molar-refractivity contribution in [3.05, 3.63) is 29.3 Å². The molecule has 1 aromatic carbocycles. The molecule has 1 atom stereocenters. The van der Waals surface area contributed by atoms with Crippen LogP contribution in [0.15, 0.2) is 18.2 Å². The van der Waals surface area contributed by atoms with Crippen molar-refractivity contribution in [2.24, 2.45) is 0 Å². The maximum absolute atomic E-state index is 12.8. The predicted octanol–water partition coefficient (Wildman–Crippen LogP) is 2.64. The van der Waals surface area contributed by atoms with E-state index in [0.717, 1.165) is 11.0 Å². The zero-order valence-electron chi connectivity index (χ0n) is 16.9. The highest BCUT2D eigenvalue weighted by molar-refractivity contribution is 14.1. The summed E-state index contributed by atoms with van der Waals surface area (Å²) in [7, 11) is -0.501. The second kappa shape index (κ2) is 7.53. The van der Waals surface area contributed by atoms with Crippen molar-refractivity contribution in [1.82, 2.24) is 4.90 Å². The largest absolute Gasteiger partial charge is 0.494 e. The average Bonchev–Trinajstić information content (AvgIpc) is 3.00. The molecule has 0 bridgehead atoms. The SMILES string of the molecule is CC(=O)CC[C@@H](C(=O)I)N1Cc2cc(B3OC(C)(C)C(C)(C)O3)ccc2C1=O. The first kappa shape index (κ1) is 21.5. The Labute approximate surface area is 179 Å². The van der Waals surface area contributed by atoms with E-state index in [1.807, 2.05) is 39.8 Å². The molecule has 8 heteroatoms. The summed E-state index contributed by atoms with van der Waals surface area (Å²) in [5.41, 5.74) is 1.41. The fraction of sp³-hybridized carbons (Fsp3) is 0.550. The molecule has 0 unspecified atom stereocenters. The van der Waals surface area contributed by atoms with Gasteiger partial charge in [0.15, 0.2) is 0 Å². The maximum atomic E-state index is 12.8. The second-order valence-corrected chi connectivity index (χ2v) is 9.56. The van der Waals surface area contributed by atoms with Crippen LogP contribution in [0.2, 0.25) is 0 Å². The number of hydrogen-bond donors (Lipinski definition) is 0. The van der Waals surface area contributed by atoms with E-state index in [2.05, 4.69) is 0 Å². The summed E-state index contributed by atoms with van der Waals surface area (Å²) in [6, 6.07) is 4.95. The Hall–Kier alpha value is -1.26. The zero-order chi connectivity index (χ0) is 20.9. The van der Waals surface area contributed by atoms with Gasteiger partial charge in [-0.15, -0.1) is 0 Å². The Morgan fingerprint density at radius 3 is 2.36 bits per heavy atom. The molecule has 2 aliphatic heterocycles. The van der Waals surface area contributed by atoms with E-state index >= 15 is 0 Å². The zero-order valence-corrected chi connectivity index (χ0v) is 19.0. The molecule has 6 nitrogen and oxygen atoms in total. The van der Waals surface area contributed by atoms with E-state index in [4.69, 9.17) is 9.31 Å². The van der Waals surface area contributed by atoms with Crippen LogP contribution in [0.4, 0.5) is 0 Å². The number of benzene rings is 1. The predicted molar refractivity (Wildman–Crippen MR) is 115 cm³/mol. The quantitative estimate of drug-likeness (QED) is 0.344. The van der Waals surface area contributed by atoms with E-state index in [0.29, 0.717) is 18.5 Å². The minimum atomic E-state index is -0.593. The maximum Gasteiger partial charge on any atom is 0.494 e. The number of ketones is 1. The highest BCUT2D eigenvalue weighted by atomic mass is 127. The van der Waals surface area contributed by atoms with E-state index in [1.165, 1.54) is 6.92 Å². The van der Waals surface area contributed by atoms with Gasteiger partial charge in [0.05, 0.1) is 11.2 Å². The third-order valence-electron chi connectivity index (χ3n) is 5.89. The molecule has 1 saturated heterocycles. The van der Waals surface area contributed by atoms with Gasteiger partial charge in [0.2, 0.25) is 3.79 Å². The summed E-state index contributed by atoms with van der Waals surface area (Å²) in [5.74, 6) is -0.163. The molecular formula is C20H25BINO5. The van der Waals surface area contributed by atoms with Crippen molar-refractivity contribution in [3.8, 4) is 0 Å². The Morgan fingerprint density at radius 1 is 1.21 bits per heavy atom. The van der Waals surface area contributed by atoms with Gasteiger partial charge in [0, 0.05) is 41.1 Å². The molecule has 1 aromatic rings. The van der Waals surface area contributed by atoms with Gasteiger partial charge in [-0.1, -0.05) is 12.1 Å². The molecule has 0 saturated carbocycles. The first-order valence-corrected chi connectivity index (χ1v) is 10.5. The monoisotopic (exact) mass is 497 g/mol. The molecule has 0 aromatic heterocycles. The van der Waals surface area contributed by atoms with Crippen LogP contribution in [0.3, 0.4) is 0 Å². The minimum absolute atomic E-state index is 0.00913. The Balaban J connectivity index is 1.83. The van der Waals surface area contributed by atoms with Crippen LogP contribution in [0.1, 0.15) is 63.4 Å². The topological polar surface area (TPSA) is 72.9 Å². The molecule has 150 valence electrons. The summed E-state index contributed by atoms with van der Waals surface area (Å²) in [6.07, 6.45) is 0.625.